The molecule has 2 atom stereocenters. The molecule has 0 aromatic heterocycles. The lowest BCUT2D eigenvalue weighted by Gasteiger charge is -2.50. The van der Waals surface area contributed by atoms with E-state index in [1.54, 1.807) is 0 Å². The molecule has 1 N–H and O–H groups in total. The fourth-order valence-corrected chi connectivity index (χ4v) is 5.71. The summed E-state index contributed by atoms with van der Waals surface area (Å²) < 4.78 is 5.21. The van der Waals surface area contributed by atoms with Gasteiger partial charge in [0.05, 0.1) is 6.61 Å². The number of nitrogens with zero attached hydrogens (tertiary/aromatic N) is 1. The van der Waals surface area contributed by atoms with E-state index in [0.29, 0.717) is 6.61 Å². The van der Waals surface area contributed by atoms with Crippen LogP contribution in [0.2, 0.25) is 0 Å². The van der Waals surface area contributed by atoms with Crippen LogP contribution in [-0.2, 0) is 15.6 Å². The van der Waals surface area contributed by atoms with Gasteiger partial charge in [-0.25, -0.2) is 4.79 Å². The Kier molecular flexibility index (Phi) is 5.40. The number of amides is 1. The van der Waals surface area contributed by atoms with Gasteiger partial charge < -0.3 is 9.64 Å². The van der Waals surface area contributed by atoms with Gasteiger partial charge in [-0.2, -0.15) is 0 Å². The molecule has 0 spiro atoms. The van der Waals surface area contributed by atoms with Gasteiger partial charge in [0, 0.05) is 35.3 Å². The second-order valence-electron chi connectivity index (χ2n) is 9.65. The molecule has 3 aromatic rings. The van der Waals surface area contributed by atoms with Crippen molar-refractivity contribution in [2.24, 2.45) is 0 Å². The molecule has 0 saturated heterocycles. The Bertz CT molecular complexity index is 1080. The zero-order chi connectivity index (χ0) is 23.1. The molecule has 2 unspecified atom stereocenters. The molecule has 4 nitrogen and oxygen atoms in total. The number of nitrogens with one attached hydrogen (secondary N) is 1. The maximum atomic E-state index is 12.4. The lowest BCUT2D eigenvalue weighted by Crippen LogP contribution is -2.47. The van der Waals surface area contributed by atoms with Gasteiger partial charge >= 0.3 is 6.09 Å². The van der Waals surface area contributed by atoms with Crippen LogP contribution in [-0.4, -0.2) is 25.8 Å². The molecule has 3 aromatic carbocycles. The van der Waals surface area contributed by atoms with Crippen LogP contribution in [0.25, 0.3) is 0 Å². The van der Waals surface area contributed by atoms with E-state index in [1.807, 2.05) is 6.92 Å². The maximum Gasteiger partial charge on any atom is 0.411 e. The maximum absolute atomic E-state index is 12.4. The predicted molar refractivity (Wildman–Crippen MR) is 134 cm³/mol. The largest absolute Gasteiger partial charge is 0.450 e. The fraction of sp³-hybridized carbons (Fsp3) is 0.345. The quantitative estimate of drug-likeness (QED) is 0.505. The predicted octanol–water partition coefficient (Wildman–Crippen LogP) is 6.48. The molecule has 2 aliphatic rings. The fourth-order valence-electron chi connectivity index (χ4n) is 5.71. The monoisotopic (exact) mass is 440 g/mol. The van der Waals surface area contributed by atoms with Crippen molar-refractivity contribution in [1.29, 1.82) is 0 Å². The summed E-state index contributed by atoms with van der Waals surface area (Å²) in [4.78, 5) is 14.9. The summed E-state index contributed by atoms with van der Waals surface area (Å²) in [7, 11) is 0. The van der Waals surface area contributed by atoms with Crippen molar-refractivity contribution >= 4 is 17.5 Å². The minimum Gasteiger partial charge on any atom is -0.450 e. The molecule has 4 heteroatoms. The summed E-state index contributed by atoms with van der Waals surface area (Å²) in [5.74, 6) is 0. The first-order valence-electron chi connectivity index (χ1n) is 11.9. The van der Waals surface area contributed by atoms with E-state index in [1.165, 1.54) is 27.9 Å². The first-order valence-corrected chi connectivity index (χ1v) is 11.9. The van der Waals surface area contributed by atoms with Crippen molar-refractivity contribution in [2.75, 3.05) is 29.9 Å². The van der Waals surface area contributed by atoms with Crippen LogP contribution in [0.4, 0.5) is 16.2 Å². The van der Waals surface area contributed by atoms with Gasteiger partial charge in [-0.3, -0.25) is 5.32 Å². The normalized spacial score (nSPS) is 23.5. The highest BCUT2D eigenvalue weighted by atomic mass is 16.5. The first-order chi connectivity index (χ1) is 16.0. The van der Waals surface area contributed by atoms with Gasteiger partial charge in [-0.05, 0) is 54.2 Å². The van der Waals surface area contributed by atoms with E-state index >= 15 is 0 Å². The highest BCUT2D eigenvalue weighted by Crippen LogP contribution is 2.54. The van der Waals surface area contributed by atoms with Gasteiger partial charge in [-0.15, -0.1) is 0 Å². The molecule has 1 amide bonds. The summed E-state index contributed by atoms with van der Waals surface area (Å²) in [6.07, 6.45) is 1.67. The zero-order valence-electron chi connectivity index (χ0n) is 19.7. The van der Waals surface area contributed by atoms with Crippen LogP contribution < -0.4 is 10.2 Å². The molecule has 0 saturated carbocycles. The van der Waals surface area contributed by atoms with Crippen molar-refractivity contribution in [1.82, 2.24) is 0 Å². The summed E-state index contributed by atoms with van der Waals surface area (Å²) in [6, 6.07) is 25.9. The van der Waals surface area contributed by atoms with Crippen LogP contribution in [0.5, 0.6) is 0 Å². The minimum absolute atomic E-state index is 0.136. The average molecular weight is 441 g/mol. The summed E-state index contributed by atoms with van der Waals surface area (Å²) in [6.45, 7) is 8.92. The number of anilines is 2. The highest BCUT2D eigenvalue weighted by Gasteiger charge is 2.45. The number of rotatable bonds is 4. The van der Waals surface area contributed by atoms with Crippen molar-refractivity contribution in [3.8, 4) is 0 Å². The second kappa shape index (κ2) is 8.26. The third-order valence-corrected chi connectivity index (χ3v) is 7.72. The van der Waals surface area contributed by atoms with Gasteiger partial charge in [0.25, 0.3) is 0 Å². The minimum atomic E-state index is -0.407. The third kappa shape index (κ3) is 3.58. The van der Waals surface area contributed by atoms with Crippen LogP contribution >= 0.6 is 0 Å². The van der Waals surface area contributed by atoms with Crippen molar-refractivity contribution < 1.29 is 9.53 Å². The van der Waals surface area contributed by atoms with Crippen molar-refractivity contribution in [3.05, 3.63) is 95.1 Å². The standard InChI is InChI=1S/C29H32N2O2/c1-4-33-27(32)30-23-19-24-26-25(20-23)29(3,22-13-9-6-10-14-22)16-18-31(26)17-15-28(24,2)21-11-7-5-8-12-21/h5-14,19-20H,4,15-18H2,1-3H3,(H,30,32). The Morgan fingerprint density at radius 2 is 1.36 bits per heavy atom. The number of carbonyl (C=O) groups excluding carboxylic acids is 1. The average Bonchev–Trinajstić information content (AvgIpc) is 2.84. The summed E-state index contributed by atoms with van der Waals surface area (Å²) in [5, 5.41) is 3.01. The van der Waals surface area contributed by atoms with Gasteiger partial charge in [0.15, 0.2) is 0 Å². The molecule has 0 aliphatic carbocycles. The SMILES string of the molecule is CCOC(=O)Nc1cc2c3c(c1)C(C)(c1ccccc1)CCN3CCC2(C)c1ccccc1. The summed E-state index contributed by atoms with van der Waals surface area (Å²) >= 11 is 0. The Labute approximate surface area is 196 Å². The van der Waals surface area contributed by atoms with E-state index < -0.39 is 6.09 Å². The molecule has 2 aliphatic heterocycles. The molecule has 0 bridgehead atoms. The molecule has 5 rings (SSSR count). The van der Waals surface area contributed by atoms with Crippen LogP contribution in [0.15, 0.2) is 72.8 Å². The molecule has 0 fully saturated rings. The number of carbonyl (C=O) groups is 1. The van der Waals surface area contributed by atoms with Crippen molar-refractivity contribution in [3.63, 3.8) is 0 Å². The Morgan fingerprint density at radius 3 is 1.82 bits per heavy atom. The molecule has 170 valence electrons. The molecule has 0 radical (unpaired) electrons. The van der Waals surface area contributed by atoms with E-state index in [4.69, 9.17) is 4.74 Å². The lowest BCUT2D eigenvalue weighted by molar-refractivity contribution is 0.168. The van der Waals surface area contributed by atoms with Crippen LogP contribution in [0.1, 0.15) is 55.9 Å². The zero-order valence-corrected chi connectivity index (χ0v) is 19.7. The van der Waals surface area contributed by atoms with Gasteiger partial charge in [-0.1, -0.05) is 74.5 Å². The highest BCUT2D eigenvalue weighted by molar-refractivity contribution is 5.87. The Hall–Kier alpha value is -3.27. The van der Waals surface area contributed by atoms with E-state index in [0.717, 1.165) is 31.6 Å². The van der Waals surface area contributed by atoms with E-state index in [9.17, 15) is 4.79 Å². The van der Waals surface area contributed by atoms with Crippen LogP contribution in [0, 0.1) is 0 Å². The molecular formula is C29H32N2O2. The Balaban J connectivity index is 1.74. The Morgan fingerprint density at radius 1 is 0.879 bits per heavy atom. The van der Waals surface area contributed by atoms with Crippen LogP contribution in [0.3, 0.4) is 0 Å². The van der Waals surface area contributed by atoms with Crippen molar-refractivity contribution in [2.45, 2.75) is 44.4 Å². The molecule has 33 heavy (non-hydrogen) atoms. The number of benzene rings is 3. The third-order valence-electron chi connectivity index (χ3n) is 7.72. The van der Waals surface area contributed by atoms with Gasteiger partial charge in [0.1, 0.15) is 0 Å². The number of hydrogen-bond donors (Lipinski definition) is 1. The number of ether oxygens (including phenoxy) is 1. The second-order valence-corrected chi connectivity index (χ2v) is 9.65. The first kappa shape index (κ1) is 21.6. The van der Waals surface area contributed by atoms with E-state index in [-0.39, 0.29) is 10.8 Å². The molecule has 2 heterocycles. The smallest absolute Gasteiger partial charge is 0.411 e. The van der Waals surface area contributed by atoms with Gasteiger partial charge in [0.2, 0.25) is 0 Å². The lowest BCUT2D eigenvalue weighted by atomic mass is 9.64. The van der Waals surface area contributed by atoms with E-state index in [2.05, 4.69) is 96.9 Å². The topological polar surface area (TPSA) is 41.6 Å². The summed E-state index contributed by atoms with van der Waals surface area (Å²) in [5.41, 5.74) is 7.05. The number of hydrogen-bond acceptors (Lipinski definition) is 3. The molecular weight excluding hydrogens is 408 g/mol.